The Morgan fingerprint density at radius 2 is 0.913 bits per heavy atom. The van der Waals surface area contributed by atoms with Crippen LogP contribution in [-0.2, 0) is 5.41 Å². The van der Waals surface area contributed by atoms with Crippen LogP contribution in [0, 0.1) is 0 Å². The smallest absolute Gasteiger partial charge is 0.0725 e. The zero-order valence-electron chi connectivity index (χ0n) is 24.9. The van der Waals surface area contributed by atoms with E-state index in [1.54, 1.807) is 0 Å². The highest BCUT2D eigenvalue weighted by molar-refractivity contribution is 8.00. The van der Waals surface area contributed by atoms with Crippen LogP contribution in [0.3, 0.4) is 0 Å². The summed E-state index contributed by atoms with van der Waals surface area (Å²) in [5, 5.41) is 5.25. The van der Waals surface area contributed by atoms with Crippen molar-refractivity contribution in [1.29, 1.82) is 0 Å². The molecule has 2 aliphatic carbocycles. The van der Waals surface area contributed by atoms with Gasteiger partial charge < -0.3 is 0 Å². The van der Waals surface area contributed by atoms with Crippen molar-refractivity contribution in [2.24, 2.45) is 0 Å². The summed E-state index contributed by atoms with van der Waals surface area (Å²) >= 11 is 1.92. The molecule has 3 aliphatic rings. The predicted molar refractivity (Wildman–Crippen MR) is 193 cm³/mol. The molecule has 8 aromatic carbocycles. The van der Waals surface area contributed by atoms with E-state index in [0.29, 0.717) is 0 Å². The van der Waals surface area contributed by atoms with Gasteiger partial charge >= 0.3 is 0 Å². The molecule has 8 aromatic rings. The van der Waals surface area contributed by atoms with E-state index in [2.05, 4.69) is 158 Å². The van der Waals surface area contributed by atoms with Gasteiger partial charge in [-0.05, 0) is 107 Å². The van der Waals surface area contributed by atoms with Crippen molar-refractivity contribution in [2.45, 2.75) is 15.2 Å². The fourth-order valence-electron chi connectivity index (χ4n) is 8.80. The van der Waals surface area contributed by atoms with Crippen molar-refractivity contribution < 1.29 is 0 Å². The second-order valence-electron chi connectivity index (χ2n) is 12.8. The van der Waals surface area contributed by atoms with Crippen LogP contribution in [0.25, 0.3) is 66.1 Å². The largest absolute Gasteiger partial charge is 0.0881 e. The highest BCUT2D eigenvalue weighted by atomic mass is 32.2. The number of hydrogen-bond donors (Lipinski definition) is 0. The van der Waals surface area contributed by atoms with Crippen LogP contribution in [0.2, 0.25) is 0 Å². The van der Waals surface area contributed by atoms with E-state index in [9.17, 15) is 0 Å². The van der Waals surface area contributed by atoms with Crippen molar-refractivity contribution in [2.75, 3.05) is 0 Å². The normalized spacial score (nSPS) is 16.3. The molecule has 0 saturated heterocycles. The quantitative estimate of drug-likeness (QED) is 0.181. The molecule has 1 heteroatoms. The van der Waals surface area contributed by atoms with Gasteiger partial charge in [0, 0.05) is 15.2 Å². The molecule has 0 N–H and O–H groups in total. The first-order chi connectivity index (χ1) is 22.8. The molecule has 0 amide bonds. The maximum atomic E-state index is 2.52. The molecule has 1 unspecified atom stereocenters. The Hall–Kier alpha value is -5.37. The van der Waals surface area contributed by atoms with E-state index in [1.165, 1.54) is 98.1 Å². The summed E-state index contributed by atoms with van der Waals surface area (Å²) in [6.07, 6.45) is 0. The lowest BCUT2D eigenvalue weighted by atomic mass is 9.70. The van der Waals surface area contributed by atoms with E-state index in [-0.39, 0.29) is 5.41 Å². The summed E-state index contributed by atoms with van der Waals surface area (Å²) in [5.74, 6) is 0. The molecule has 1 aliphatic heterocycles. The third-order valence-corrected chi connectivity index (χ3v) is 11.9. The molecule has 0 nitrogen and oxygen atoms in total. The van der Waals surface area contributed by atoms with E-state index in [1.807, 2.05) is 11.8 Å². The van der Waals surface area contributed by atoms with E-state index >= 15 is 0 Å². The van der Waals surface area contributed by atoms with Gasteiger partial charge in [-0.3, -0.25) is 0 Å². The average molecular weight is 599 g/mol. The zero-order chi connectivity index (χ0) is 30.0. The molecule has 46 heavy (non-hydrogen) atoms. The monoisotopic (exact) mass is 598 g/mol. The standard InChI is InChI=1S/C45H26S/c1-2-11-29-25-41-37(24-28(29)10-1)33-15-4-6-20-39(33)45(41)38-19-5-3-14-32(38)34-23-22-30(26-40(34)45)31-16-9-18-36-35-17-7-12-27-13-8-21-42(43(27)35)46-44(31)36/h1-26H. The number of rotatable bonds is 1. The minimum Gasteiger partial charge on any atom is -0.0881 e. The van der Waals surface area contributed by atoms with Crippen LogP contribution in [0.4, 0.5) is 0 Å². The first-order valence-electron chi connectivity index (χ1n) is 16.0. The van der Waals surface area contributed by atoms with Gasteiger partial charge in [-0.1, -0.05) is 145 Å². The average Bonchev–Trinajstić information content (AvgIpc) is 3.57. The van der Waals surface area contributed by atoms with Crippen LogP contribution in [0.15, 0.2) is 168 Å². The molecule has 0 radical (unpaired) electrons. The molecule has 11 rings (SSSR count). The minimum atomic E-state index is -0.377. The molecule has 0 bridgehead atoms. The second kappa shape index (κ2) is 8.88. The van der Waals surface area contributed by atoms with Gasteiger partial charge in [0.15, 0.2) is 0 Å². The maximum Gasteiger partial charge on any atom is 0.0725 e. The van der Waals surface area contributed by atoms with Crippen molar-refractivity contribution >= 4 is 33.3 Å². The van der Waals surface area contributed by atoms with Crippen molar-refractivity contribution in [3.63, 3.8) is 0 Å². The Kier molecular flexibility index (Phi) is 4.80. The van der Waals surface area contributed by atoms with Gasteiger partial charge in [0.05, 0.1) is 5.41 Å². The zero-order valence-corrected chi connectivity index (χ0v) is 25.7. The molecule has 0 fully saturated rings. The Morgan fingerprint density at radius 3 is 1.74 bits per heavy atom. The maximum absolute atomic E-state index is 2.52. The van der Waals surface area contributed by atoms with E-state index in [4.69, 9.17) is 0 Å². The van der Waals surface area contributed by atoms with Crippen LogP contribution >= 0.6 is 11.8 Å². The molecule has 0 saturated carbocycles. The highest BCUT2D eigenvalue weighted by Gasteiger charge is 2.51. The van der Waals surface area contributed by atoms with Gasteiger partial charge in [0.2, 0.25) is 0 Å². The van der Waals surface area contributed by atoms with Crippen molar-refractivity contribution in [1.82, 2.24) is 0 Å². The number of fused-ring (bicyclic) bond motifs is 13. The van der Waals surface area contributed by atoms with E-state index in [0.717, 1.165) is 0 Å². The lowest BCUT2D eigenvalue weighted by Crippen LogP contribution is -2.25. The Labute approximate surface area is 272 Å². The second-order valence-corrected chi connectivity index (χ2v) is 13.8. The summed E-state index contributed by atoms with van der Waals surface area (Å²) in [7, 11) is 0. The minimum absolute atomic E-state index is 0.377. The molecule has 1 atom stereocenters. The lowest BCUT2D eigenvalue weighted by molar-refractivity contribution is 0.795. The third kappa shape index (κ3) is 3.02. The van der Waals surface area contributed by atoms with Crippen molar-refractivity contribution in [3.05, 3.63) is 180 Å². The van der Waals surface area contributed by atoms with Gasteiger partial charge in [-0.2, -0.15) is 0 Å². The topological polar surface area (TPSA) is 0 Å². The van der Waals surface area contributed by atoms with Gasteiger partial charge in [-0.25, -0.2) is 0 Å². The summed E-state index contributed by atoms with van der Waals surface area (Å²) in [4.78, 5) is 2.68. The van der Waals surface area contributed by atoms with Gasteiger partial charge in [-0.15, -0.1) is 0 Å². The lowest BCUT2D eigenvalue weighted by Gasteiger charge is -2.31. The molecular weight excluding hydrogens is 573 g/mol. The Morgan fingerprint density at radius 1 is 0.348 bits per heavy atom. The summed E-state index contributed by atoms with van der Waals surface area (Å²) < 4.78 is 0. The molecular formula is C45H26S. The molecule has 1 spiro atoms. The van der Waals surface area contributed by atoms with Crippen LogP contribution in [-0.4, -0.2) is 0 Å². The van der Waals surface area contributed by atoms with Crippen LogP contribution in [0.1, 0.15) is 22.3 Å². The number of hydrogen-bond acceptors (Lipinski definition) is 1. The predicted octanol–water partition coefficient (Wildman–Crippen LogP) is 12.1. The SMILES string of the molecule is c1ccc2c(c1)-c1ccc(-c3cccc4c3Sc3cccc5cccc-4c35)cc1C21c2ccccc2-c2cc3ccccc3cc21. The molecule has 1 heterocycles. The third-order valence-electron chi connectivity index (χ3n) is 10.7. The molecule has 0 aromatic heterocycles. The fraction of sp³-hybridized carbons (Fsp3) is 0.0222. The summed E-state index contributed by atoms with van der Waals surface area (Å²) in [5.41, 5.74) is 15.8. The summed E-state index contributed by atoms with van der Waals surface area (Å²) in [6, 6.07) is 59.5. The van der Waals surface area contributed by atoms with Crippen LogP contribution < -0.4 is 0 Å². The van der Waals surface area contributed by atoms with Crippen molar-refractivity contribution in [3.8, 4) is 44.5 Å². The van der Waals surface area contributed by atoms with Gasteiger partial charge in [0.1, 0.15) is 0 Å². The van der Waals surface area contributed by atoms with Gasteiger partial charge in [0.25, 0.3) is 0 Å². The Balaban J connectivity index is 1.21. The molecule has 212 valence electrons. The highest BCUT2D eigenvalue weighted by Crippen LogP contribution is 2.64. The first kappa shape index (κ1) is 24.9. The van der Waals surface area contributed by atoms with Crippen LogP contribution in [0.5, 0.6) is 0 Å². The first-order valence-corrected chi connectivity index (χ1v) is 16.8. The van der Waals surface area contributed by atoms with E-state index < -0.39 is 0 Å². The Bertz CT molecular complexity index is 2620. The fourth-order valence-corrected chi connectivity index (χ4v) is 10.1. The number of benzene rings is 8. The summed E-state index contributed by atoms with van der Waals surface area (Å²) in [6.45, 7) is 0.